The first-order chi connectivity index (χ1) is 9.22. The van der Waals surface area contributed by atoms with Crippen molar-refractivity contribution in [2.45, 2.75) is 26.0 Å². The second kappa shape index (κ2) is 5.46. The van der Waals surface area contributed by atoms with E-state index in [9.17, 15) is 0 Å². The molecule has 4 heteroatoms. The fourth-order valence-corrected chi connectivity index (χ4v) is 2.38. The number of hydrogen-bond donors (Lipinski definition) is 0. The Bertz CT molecular complexity index is 549. The van der Waals surface area contributed by atoms with Crippen molar-refractivity contribution in [3.05, 3.63) is 47.4 Å². The van der Waals surface area contributed by atoms with Gasteiger partial charge in [-0.2, -0.15) is 10.5 Å². The van der Waals surface area contributed by atoms with Gasteiger partial charge in [0.25, 0.3) is 0 Å². The van der Waals surface area contributed by atoms with Crippen LogP contribution >= 0.6 is 0 Å². The van der Waals surface area contributed by atoms with Gasteiger partial charge in [0.05, 0.1) is 6.04 Å². The topological polar surface area (TPSA) is 60.0 Å². The van der Waals surface area contributed by atoms with Gasteiger partial charge in [-0.25, -0.2) is 0 Å². The molecule has 0 amide bonds. The second-order valence-electron chi connectivity index (χ2n) is 4.38. The molecular formula is C15H15N3O. The highest BCUT2D eigenvalue weighted by atomic mass is 16.5. The van der Waals surface area contributed by atoms with Crippen LogP contribution in [0.5, 0.6) is 0 Å². The fourth-order valence-electron chi connectivity index (χ4n) is 2.38. The molecule has 0 spiro atoms. The number of nitrogens with zero attached hydrogens (tertiary/aromatic N) is 3. The summed E-state index contributed by atoms with van der Waals surface area (Å²) in [4.78, 5) is 1.96. The van der Waals surface area contributed by atoms with Crippen molar-refractivity contribution >= 4 is 0 Å². The van der Waals surface area contributed by atoms with Gasteiger partial charge in [0, 0.05) is 6.54 Å². The number of nitriles is 2. The van der Waals surface area contributed by atoms with Gasteiger partial charge in [-0.3, -0.25) is 0 Å². The maximum absolute atomic E-state index is 9.01. The molecule has 1 heterocycles. The Hall–Kier alpha value is -2.46. The van der Waals surface area contributed by atoms with E-state index in [0.717, 1.165) is 5.56 Å². The van der Waals surface area contributed by atoms with Crippen LogP contribution < -0.4 is 0 Å². The van der Waals surface area contributed by atoms with Gasteiger partial charge in [-0.05, 0) is 19.4 Å². The van der Waals surface area contributed by atoms with Crippen molar-refractivity contribution in [1.82, 2.24) is 4.90 Å². The van der Waals surface area contributed by atoms with Crippen LogP contribution in [-0.4, -0.2) is 17.5 Å². The number of allylic oxidation sites excluding steroid dienone is 1. The van der Waals surface area contributed by atoms with E-state index in [1.807, 2.05) is 61.2 Å². The largest absolute Gasteiger partial charge is 0.467 e. The molecule has 0 saturated carbocycles. The molecule has 0 N–H and O–H groups in total. The Balaban J connectivity index is 2.41. The number of hydrogen-bond acceptors (Lipinski definition) is 4. The number of benzene rings is 1. The second-order valence-corrected chi connectivity index (χ2v) is 4.38. The minimum atomic E-state index is -0.146. The first-order valence-corrected chi connectivity index (χ1v) is 6.25. The lowest BCUT2D eigenvalue weighted by atomic mass is 10.0. The summed E-state index contributed by atoms with van der Waals surface area (Å²) in [5, 5.41) is 18.0. The van der Waals surface area contributed by atoms with Crippen LogP contribution in [0.15, 0.2) is 41.8 Å². The molecule has 0 aromatic heterocycles. The third-order valence-corrected chi connectivity index (χ3v) is 3.34. The van der Waals surface area contributed by atoms with Crippen molar-refractivity contribution in [2.75, 3.05) is 6.54 Å². The molecule has 0 bridgehead atoms. The van der Waals surface area contributed by atoms with Crippen LogP contribution in [0.1, 0.15) is 25.5 Å². The molecule has 19 heavy (non-hydrogen) atoms. The van der Waals surface area contributed by atoms with Crippen LogP contribution in [-0.2, 0) is 4.74 Å². The molecule has 1 aromatic carbocycles. The average Bonchev–Trinajstić information content (AvgIpc) is 2.78. The summed E-state index contributed by atoms with van der Waals surface area (Å²) in [7, 11) is 0. The van der Waals surface area contributed by atoms with E-state index in [1.54, 1.807) is 0 Å². The number of ether oxygens (including phenoxy) is 1. The predicted octanol–water partition coefficient (Wildman–Crippen LogP) is 2.73. The van der Waals surface area contributed by atoms with Gasteiger partial charge >= 0.3 is 0 Å². The lowest BCUT2D eigenvalue weighted by Gasteiger charge is -2.21. The smallest absolute Gasteiger partial charge is 0.219 e. The Kier molecular flexibility index (Phi) is 3.73. The Morgan fingerprint density at radius 1 is 1.26 bits per heavy atom. The van der Waals surface area contributed by atoms with Crippen LogP contribution in [0.2, 0.25) is 0 Å². The zero-order valence-electron chi connectivity index (χ0n) is 11.0. The Morgan fingerprint density at radius 3 is 2.42 bits per heavy atom. The zero-order chi connectivity index (χ0) is 13.8. The Labute approximate surface area is 113 Å². The van der Waals surface area contributed by atoms with Crippen molar-refractivity contribution in [3.8, 4) is 12.1 Å². The molecule has 0 radical (unpaired) electrons. The molecule has 4 nitrogen and oxygen atoms in total. The molecule has 1 aromatic rings. The normalized spacial score (nSPS) is 21.5. The molecule has 96 valence electrons. The van der Waals surface area contributed by atoms with E-state index in [4.69, 9.17) is 15.3 Å². The van der Waals surface area contributed by atoms with E-state index in [1.165, 1.54) is 0 Å². The van der Waals surface area contributed by atoms with Crippen molar-refractivity contribution in [3.63, 3.8) is 0 Å². The van der Waals surface area contributed by atoms with E-state index < -0.39 is 0 Å². The van der Waals surface area contributed by atoms with Crippen LogP contribution in [0, 0.1) is 22.7 Å². The molecule has 1 saturated heterocycles. The summed E-state index contributed by atoms with van der Waals surface area (Å²) in [6, 6.07) is 13.8. The van der Waals surface area contributed by atoms with E-state index in [-0.39, 0.29) is 17.7 Å². The molecule has 1 fully saturated rings. The lowest BCUT2D eigenvalue weighted by Crippen LogP contribution is -2.28. The minimum absolute atomic E-state index is 0.0344. The molecule has 1 aliphatic heterocycles. The summed E-state index contributed by atoms with van der Waals surface area (Å²) in [6.07, 6.45) is -0.146. The van der Waals surface area contributed by atoms with E-state index in [2.05, 4.69) is 0 Å². The summed E-state index contributed by atoms with van der Waals surface area (Å²) in [5.41, 5.74) is 1.09. The standard InChI is InChI=1S/C15H15N3O/c1-3-18-11(2)14(12-7-5-4-6-8-12)19-15(18)13(9-16)10-17/h4-8,11,14H,3H2,1-2H3/t11-,14+/m1/s1. The number of likely N-dealkylation sites (N-methyl/N-ethyl adjacent to an activating group) is 1. The highest BCUT2D eigenvalue weighted by Gasteiger charge is 2.37. The van der Waals surface area contributed by atoms with Crippen LogP contribution in [0.25, 0.3) is 0 Å². The third kappa shape index (κ3) is 2.26. The maximum Gasteiger partial charge on any atom is 0.219 e. The summed E-state index contributed by atoms with van der Waals surface area (Å²) in [6.45, 7) is 4.73. The molecule has 2 atom stereocenters. The van der Waals surface area contributed by atoms with E-state index >= 15 is 0 Å². The molecule has 1 aliphatic rings. The van der Waals surface area contributed by atoms with Gasteiger partial charge in [-0.1, -0.05) is 30.3 Å². The fraction of sp³-hybridized carbons (Fsp3) is 0.333. The van der Waals surface area contributed by atoms with E-state index in [0.29, 0.717) is 12.4 Å². The summed E-state index contributed by atoms with van der Waals surface area (Å²) in [5.74, 6) is 0.397. The van der Waals surface area contributed by atoms with Gasteiger partial charge in [0.1, 0.15) is 18.2 Å². The molecule has 0 aliphatic carbocycles. The predicted molar refractivity (Wildman–Crippen MR) is 70.4 cm³/mol. The quantitative estimate of drug-likeness (QED) is 0.760. The highest BCUT2D eigenvalue weighted by Crippen LogP contribution is 2.37. The zero-order valence-corrected chi connectivity index (χ0v) is 11.0. The third-order valence-electron chi connectivity index (χ3n) is 3.34. The van der Waals surface area contributed by atoms with Gasteiger partial charge in [-0.15, -0.1) is 0 Å². The monoisotopic (exact) mass is 253 g/mol. The van der Waals surface area contributed by atoms with Crippen molar-refractivity contribution in [1.29, 1.82) is 10.5 Å². The number of rotatable bonds is 2. The molecule has 2 rings (SSSR count). The van der Waals surface area contributed by atoms with Gasteiger partial charge in [0.2, 0.25) is 5.88 Å². The van der Waals surface area contributed by atoms with Crippen LogP contribution in [0.4, 0.5) is 0 Å². The van der Waals surface area contributed by atoms with Gasteiger partial charge < -0.3 is 9.64 Å². The van der Waals surface area contributed by atoms with Gasteiger partial charge in [0.15, 0.2) is 5.57 Å². The first-order valence-electron chi connectivity index (χ1n) is 6.25. The molecular weight excluding hydrogens is 238 g/mol. The SMILES string of the molecule is CCN1C(=C(C#N)C#N)O[C@H](c2ccccc2)[C@H]1C. The highest BCUT2D eigenvalue weighted by molar-refractivity contribution is 5.39. The summed E-state index contributed by atoms with van der Waals surface area (Å²) >= 11 is 0. The first kappa shape index (κ1) is 13.0. The molecule has 0 unspecified atom stereocenters. The average molecular weight is 253 g/mol. The van der Waals surface area contributed by atoms with Crippen molar-refractivity contribution in [2.24, 2.45) is 0 Å². The van der Waals surface area contributed by atoms with Crippen molar-refractivity contribution < 1.29 is 4.74 Å². The minimum Gasteiger partial charge on any atom is -0.467 e. The summed E-state index contributed by atoms with van der Waals surface area (Å²) < 4.78 is 5.87. The maximum atomic E-state index is 9.01. The lowest BCUT2D eigenvalue weighted by molar-refractivity contribution is 0.152. The Morgan fingerprint density at radius 2 is 1.89 bits per heavy atom. The van der Waals surface area contributed by atoms with Crippen LogP contribution in [0.3, 0.4) is 0 Å².